The lowest BCUT2D eigenvalue weighted by Gasteiger charge is -2.19. The predicted molar refractivity (Wildman–Crippen MR) is 84.7 cm³/mol. The normalized spacial score (nSPS) is 12.8. The molecular weight excluding hydrogens is 320 g/mol. The molecule has 3 nitrogen and oxygen atoms in total. The summed E-state index contributed by atoms with van der Waals surface area (Å²) < 4.78 is 15.8. The number of rotatable bonds is 6. The van der Waals surface area contributed by atoms with Gasteiger partial charge in [0.25, 0.3) is 0 Å². The number of benzene rings is 2. The maximum absolute atomic E-state index is 5.27. The van der Waals surface area contributed by atoms with Gasteiger partial charge in [0.05, 0.1) is 11.9 Å². The first-order chi connectivity index (χ1) is 9.67. The minimum absolute atomic E-state index is 0.119. The second-order valence-corrected chi connectivity index (χ2v) is 5.78. The van der Waals surface area contributed by atoms with Crippen molar-refractivity contribution < 1.29 is 14.2 Å². The molecule has 2 aromatic carbocycles. The van der Waals surface area contributed by atoms with Crippen LogP contribution in [-0.2, 0) is 15.9 Å². The zero-order valence-electron chi connectivity index (χ0n) is 11.9. The van der Waals surface area contributed by atoms with E-state index < -0.39 is 0 Å². The molecule has 0 aromatic heterocycles. The third-order valence-electron chi connectivity index (χ3n) is 3.30. The Morgan fingerprint density at radius 1 is 0.950 bits per heavy atom. The fourth-order valence-corrected chi connectivity index (χ4v) is 3.05. The quantitative estimate of drug-likeness (QED) is 0.592. The summed E-state index contributed by atoms with van der Waals surface area (Å²) in [6.07, 6.45) is 0.593. The third-order valence-corrected chi connectivity index (χ3v) is 4.06. The van der Waals surface area contributed by atoms with Crippen molar-refractivity contribution in [2.45, 2.75) is 17.5 Å². The Morgan fingerprint density at radius 3 is 2.25 bits per heavy atom. The zero-order valence-corrected chi connectivity index (χ0v) is 13.5. The number of halogens is 1. The molecule has 0 aliphatic carbocycles. The molecule has 0 radical (unpaired) electrons. The highest BCUT2D eigenvalue weighted by Crippen LogP contribution is 2.24. The molecule has 0 spiro atoms. The van der Waals surface area contributed by atoms with Gasteiger partial charge in [0.2, 0.25) is 0 Å². The molecule has 0 saturated carbocycles. The average Bonchev–Trinajstić information content (AvgIpc) is 2.48. The highest BCUT2D eigenvalue weighted by Gasteiger charge is 2.18. The minimum Gasteiger partial charge on any atom is -0.497 e. The van der Waals surface area contributed by atoms with Crippen molar-refractivity contribution in [3.8, 4) is 5.75 Å². The minimum atomic E-state index is -0.249. The van der Waals surface area contributed by atoms with Crippen LogP contribution in [0.2, 0.25) is 0 Å². The Kier molecular flexibility index (Phi) is 5.40. The number of hydrogen-bond donors (Lipinski definition) is 0. The molecule has 1 unspecified atom stereocenters. The van der Waals surface area contributed by atoms with Gasteiger partial charge < -0.3 is 14.2 Å². The van der Waals surface area contributed by atoms with E-state index in [0.717, 1.165) is 12.2 Å². The number of hydrogen-bond acceptors (Lipinski definition) is 3. The molecule has 20 heavy (non-hydrogen) atoms. The summed E-state index contributed by atoms with van der Waals surface area (Å²) in [7, 11) is 4.98. The van der Waals surface area contributed by atoms with E-state index in [1.54, 1.807) is 21.3 Å². The van der Waals surface area contributed by atoms with E-state index in [0.29, 0.717) is 0 Å². The van der Waals surface area contributed by atoms with Crippen LogP contribution in [0.1, 0.15) is 5.56 Å². The van der Waals surface area contributed by atoms with Crippen molar-refractivity contribution in [1.82, 2.24) is 0 Å². The molecule has 0 saturated heterocycles. The highest BCUT2D eigenvalue weighted by atomic mass is 79.9. The molecule has 0 amide bonds. The summed E-state index contributed by atoms with van der Waals surface area (Å²) in [4.78, 5) is 0.119. The van der Waals surface area contributed by atoms with Gasteiger partial charge in [0.15, 0.2) is 6.29 Å². The van der Waals surface area contributed by atoms with Crippen molar-refractivity contribution in [1.29, 1.82) is 0 Å². The molecule has 2 rings (SSSR count). The summed E-state index contributed by atoms with van der Waals surface area (Å²) in [6.45, 7) is 0. The molecule has 108 valence electrons. The van der Waals surface area contributed by atoms with Crippen molar-refractivity contribution >= 4 is 26.7 Å². The van der Waals surface area contributed by atoms with Crippen LogP contribution in [0, 0.1) is 0 Å². The van der Waals surface area contributed by atoms with Gasteiger partial charge in [-0.05, 0) is 34.9 Å². The van der Waals surface area contributed by atoms with Crippen LogP contribution in [0.3, 0.4) is 0 Å². The van der Waals surface area contributed by atoms with Gasteiger partial charge in [-0.2, -0.15) is 0 Å². The molecule has 0 bridgehead atoms. The largest absolute Gasteiger partial charge is 0.497 e. The van der Waals surface area contributed by atoms with Crippen LogP contribution in [0.4, 0.5) is 0 Å². The van der Waals surface area contributed by atoms with Crippen LogP contribution in [0.15, 0.2) is 36.4 Å². The Balaban J connectivity index is 2.19. The van der Waals surface area contributed by atoms with Crippen LogP contribution in [0.25, 0.3) is 10.8 Å². The second kappa shape index (κ2) is 7.07. The summed E-state index contributed by atoms with van der Waals surface area (Å²) in [6, 6.07) is 12.5. The average molecular weight is 339 g/mol. The smallest absolute Gasteiger partial charge is 0.169 e. The van der Waals surface area contributed by atoms with Crippen LogP contribution >= 0.6 is 15.9 Å². The first-order valence-electron chi connectivity index (χ1n) is 6.44. The van der Waals surface area contributed by atoms with Gasteiger partial charge in [-0.1, -0.05) is 40.2 Å². The van der Waals surface area contributed by atoms with E-state index in [1.807, 2.05) is 12.1 Å². The third kappa shape index (κ3) is 3.51. The van der Waals surface area contributed by atoms with Crippen LogP contribution < -0.4 is 4.74 Å². The number of alkyl halides is 1. The van der Waals surface area contributed by atoms with Gasteiger partial charge >= 0.3 is 0 Å². The maximum atomic E-state index is 5.27. The maximum Gasteiger partial charge on any atom is 0.169 e. The van der Waals surface area contributed by atoms with E-state index in [9.17, 15) is 0 Å². The van der Waals surface area contributed by atoms with E-state index in [2.05, 4.69) is 40.2 Å². The van der Waals surface area contributed by atoms with Crippen molar-refractivity contribution in [3.05, 3.63) is 42.0 Å². The number of methoxy groups -OCH3 is 3. The molecule has 0 aliphatic heterocycles. The topological polar surface area (TPSA) is 27.7 Å². The summed E-state index contributed by atoms with van der Waals surface area (Å²) >= 11 is 3.62. The fourth-order valence-electron chi connectivity index (χ4n) is 2.24. The van der Waals surface area contributed by atoms with Crippen molar-refractivity contribution in [3.63, 3.8) is 0 Å². The van der Waals surface area contributed by atoms with Gasteiger partial charge in [-0.15, -0.1) is 0 Å². The number of fused-ring (bicyclic) bond motifs is 1. The monoisotopic (exact) mass is 338 g/mol. The Labute approximate surface area is 128 Å². The summed E-state index contributed by atoms with van der Waals surface area (Å²) in [5.74, 6) is 0.877. The van der Waals surface area contributed by atoms with E-state index in [1.165, 1.54) is 16.3 Å². The lowest BCUT2D eigenvalue weighted by Crippen LogP contribution is -2.26. The molecule has 4 heteroatoms. The molecular formula is C16H19BrO3. The standard InChI is InChI=1S/C16H19BrO3/c1-18-14-7-6-12-8-11(4-5-13(12)10-14)9-15(17)16(19-2)20-3/h4-8,10,15-16H,9H2,1-3H3. The van der Waals surface area contributed by atoms with Crippen molar-refractivity contribution in [2.24, 2.45) is 0 Å². The Hall–Kier alpha value is -1.10. The lowest BCUT2D eigenvalue weighted by molar-refractivity contribution is -0.100. The lowest BCUT2D eigenvalue weighted by atomic mass is 10.0. The van der Waals surface area contributed by atoms with E-state index in [-0.39, 0.29) is 11.1 Å². The molecule has 2 aromatic rings. The Bertz CT molecular complexity index is 567. The molecule has 1 atom stereocenters. The first-order valence-corrected chi connectivity index (χ1v) is 7.36. The molecule has 0 N–H and O–H groups in total. The zero-order chi connectivity index (χ0) is 14.5. The first kappa shape index (κ1) is 15.3. The predicted octanol–water partition coefficient (Wildman–Crippen LogP) is 3.77. The van der Waals surface area contributed by atoms with Crippen molar-refractivity contribution in [2.75, 3.05) is 21.3 Å². The van der Waals surface area contributed by atoms with Gasteiger partial charge in [-0.25, -0.2) is 0 Å². The van der Waals surface area contributed by atoms with Crippen LogP contribution in [-0.4, -0.2) is 32.4 Å². The summed E-state index contributed by atoms with van der Waals surface area (Å²) in [5.41, 5.74) is 1.24. The number of ether oxygens (including phenoxy) is 3. The SMILES string of the molecule is COc1ccc2cc(CC(Br)C(OC)OC)ccc2c1. The molecule has 0 heterocycles. The van der Waals surface area contributed by atoms with Gasteiger partial charge in [-0.3, -0.25) is 0 Å². The van der Waals surface area contributed by atoms with E-state index >= 15 is 0 Å². The van der Waals surface area contributed by atoms with Gasteiger partial charge in [0, 0.05) is 14.2 Å². The molecule has 0 aliphatic rings. The Morgan fingerprint density at radius 2 is 1.60 bits per heavy atom. The van der Waals surface area contributed by atoms with Gasteiger partial charge in [0.1, 0.15) is 5.75 Å². The van der Waals surface area contributed by atoms with E-state index in [4.69, 9.17) is 14.2 Å². The van der Waals surface area contributed by atoms with Crippen LogP contribution in [0.5, 0.6) is 5.75 Å². The fraction of sp³-hybridized carbons (Fsp3) is 0.375. The highest BCUT2D eigenvalue weighted by molar-refractivity contribution is 9.09. The second-order valence-electron chi connectivity index (χ2n) is 4.61. The summed E-state index contributed by atoms with van der Waals surface area (Å²) in [5, 5.41) is 2.38. The molecule has 0 fully saturated rings.